The van der Waals surface area contributed by atoms with E-state index in [0.29, 0.717) is 11.6 Å². The lowest BCUT2D eigenvalue weighted by Crippen LogP contribution is -2.25. The quantitative estimate of drug-likeness (QED) is 0.827. The summed E-state index contributed by atoms with van der Waals surface area (Å²) >= 11 is 5.76. The molecule has 0 unspecified atom stereocenters. The molecule has 1 amide bonds. The fraction of sp³-hybridized carbons (Fsp3) is 0.400. The number of amides is 1. The Kier molecular flexibility index (Phi) is 4.97. The van der Waals surface area contributed by atoms with Crippen LogP contribution in [-0.2, 0) is 0 Å². The average Bonchev–Trinajstić information content (AvgIpc) is 2.42. The van der Waals surface area contributed by atoms with Crippen molar-refractivity contribution in [2.24, 2.45) is 0 Å². The van der Waals surface area contributed by atoms with Gasteiger partial charge in [-0.1, -0.05) is 23.3 Å². The third kappa shape index (κ3) is 4.06. The van der Waals surface area contributed by atoms with Crippen LogP contribution in [0.2, 0.25) is 5.02 Å². The smallest absolute Gasteiger partial charge is 0.254 e. The molecule has 0 atom stereocenters. The molecule has 0 bridgehead atoms. The number of benzene rings is 1. The molecule has 0 aromatic heterocycles. The predicted molar refractivity (Wildman–Crippen MR) is 74.9 cm³/mol. The number of halogens is 2. The highest BCUT2D eigenvalue weighted by atomic mass is 35.5. The standard InChI is InChI=1S/C15H17ClFNO/c16-12-6-7-14(17)13(10-12)15(19)18-9-8-11-4-2-1-3-5-11/h4,6-7,10H,1-3,5,8-9H2,(H,18,19). The van der Waals surface area contributed by atoms with E-state index >= 15 is 0 Å². The zero-order valence-electron chi connectivity index (χ0n) is 10.7. The Morgan fingerprint density at radius 1 is 1.37 bits per heavy atom. The molecule has 0 saturated heterocycles. The van der Waals surface area contributed by atoms with Crippen molar-refractivity contribution in [1.82, 2.24) is 5.32 Å². The molecule has 19 heavy (non-hydrogen) atoms. The molecule has 2 nitrogen and oxygen atoms in total. The number of nitrogens with one attached hydrogen (secondary N) is 1. The summed E-state index contributed by atoms with van der Waals surface area (Å²) in [5.41, 5.74) is 1.39. The first-order chi connectivity index (χ1) is 9.16. The topological polar surface area (TPSA) is 29.1 Å². The third-order valence-corrected chi connectivity index (χ3v) is 3.52. The largest absolute Gasteiger partial charge is 0.352 e. The first-order valence-corrected chi connectivity index (χ1v) is 6.96. The van der Waals surface area contributed by atoms with Crippen LogP contribution in [0.5, 0.6) is 0 Å². The van der Waals surface area contributed by atoms with E-state index in [1.807, 2.05) is 0 Å². The van der Waals surface area contributed by atoms with Gasteiger partial charge < -0.3 is 5.32 Å². The number of carbonyl (C=O) groups excluding carboxylic acids is 1. The first kappa shape index (κ1) is 14.1. The second-order valence-electron chi connectivity index (χ2n) is 4.74. The minimum absolute atomic E-state index is 0.00474. The Balaban J connectivity index is 1.87. The van der Waals surface area contributed by atoms with Gasteiger partial charge in [0.2, 0.25) is 0 Å². The number of hydrogen-bond donors (Lipinski definition) is 1. The molecule has 1 aliphatic rings. The Labute approximate surface area is 117 Å². The van der Waals surface area contributed by atoms with Gasteiger partial charge in [0.05, 0.1) is 5.56 Å². The van der Waals surface area contributed by atoms with Crippen LogP contribution in [0.3, 0.4) is 0 Å². The van der Waals surface area contributed by atoms with Crippen molar-refractivity contribution in [1.29, 1.82) is 0 Å². The van der Waals surface area contributed by atoms with E-state index < -0.39 is 11.7 Å². The van der Waals surface area contributed by atoms with Gasteiger partial charge in [0, 0.05) is 11.6 Å². The molecule has 1 aromatic rings. The fourth-order valence-electron chi connectivity index (χ4n) is 2.24. The van der Waals surface area contributed by atoms with Crippen LogP contribution in [0.25, 0.3) is 0 Å². The Bertz CT molecular complexity index is 499. The summed E-state index contributed by atoms with van der Waals surface area (Å²) in [4.78, 5) is 11.8. The Morgan fingerprint density at radius 2 is 2.21 bits per heavy atom. The van der Waals surface area contributed by atoms with Gasteiger partial charge in [-0.25, -0.2) is 4.39 Å². The number of hydrogen-bond acceptors (Lipinski definition) is 1. The van der Waals surface area contributed by atoms with Crippen LogP contribution in [-0.4, -0.2) is 12.5 Å². The van der Waals surface area contributed by atoms with Crippen molar-refractivity contribution in [3.8, 4) is 0 Å². The minimum atomic E-state index is -0.543. The van der Waals surface area contributed by atoms with E-state index in [-0.39, 0.29) is 5.56 Å². The summed E-state index contributed by atoms with van der Waals surface area (Å²) < 4.78 is 13.5. The number of rotatable bonds is 4. The average molecular weight is 282 g/mol. The van der Waals surface area contributed by atoms with Crippen LogP contribution >= 0.6 is 11.6 Å². The van der Waals surface area contributed by atoms with Crippen LogP contribution < -0.4 is 5.32 Å². The Morgan fingerprint density at radius 3 is 2.95 bits per heavy atom. The predicted octanol–water partition coefficient (Wildman–Crippen LogP) is 4.10. The van der Waals surface area contributed by atoms with Crippen LogP contribution in [0.4, 0.5) is 4.39 Å². The lowest BCUT2D eigenvalue weighted by atomic mass is 9.97. The van der Waals surface area contributed by atoms with E-state index in [2.05, 4.69) is 11.4 Å². The van der Waals surface area contributed by atoms with Crippen LogP contribution in [0, 0.1) is 5.82 Å². The van der Waals surface area contributed by atoms with Crippen molar-refractivity contribution in [3.05, 3.63) is 46.3 Å². The van der Waals surface area contributed by atoms with E-state index in [1.165, 1.54) is 36.6 Å². The number of carbonyl (C=O) groups is 1. The van der Waals surface area contributed by atoms with E-state index in [1.54, 1.807) is 0 Å². The lowest BCUT2D eigenvalue weighted by molar-refractivity contribution is 0.0950. The number of allylic oxidation sites excluding steroid dienone is 1. The maximum Gasteiger partial charge on any atom is 0.254 e. The third-order valence-electron chi connectivity index (χ3n) is 3.29. The molecule has 0 heterocycles. The van der Waals surface area contributed by atoms with Crippen molar-refractivity contribution >= 4 is 17.5 Å². The van der Waals surface area contributed by atoms with Crippen molar-refractivity contribution in [3.63, 3.8) is 0 Å². The van der Waals surface area contributed by atoms with Crippen molar-refractivity contribution in [2.45, 2.75) is 32.1 Å². The maximum atomic E-state index is 13.5. The van der Waals surface area contributed by atoms with E-state index in [0.717, 1.165) is 19.3 Å². The summed E-state index contributed by atoms with van der Waals surface area (Å²) in [6, 6.07) is 3.99. The molecule has 102 valence electrons. The highest BCUT2D eigenvalue weighted by Crippen LogP contribution is 2.19. The molecule has 1 N–H and O–H groups in total. The molecule has 0 aliphatic heterocycles. The molecule has 0 saturated carbocycles. The monoisotopic (exact) mass is 281 g/mol. The SMILES string of the molecule is O=C(NCCC1=CCCCC1)c1cc(Cl)ccc1F. The van der Waals surface area contributed by atoms with Gasteiger partial charge in [0.1, 0.15) is 5.82 Å². The summed E-state index contributed by atoms with van der Waals surface area (Å²) in [5, 5.41) is 3.10. The van der Waals surface area contributed by atoms with Gasteiger partial charge in [-0.3, -0.25) is 4.79 Å². The second kappa shape index (κ2) is 6.71. The molecule has 4 heteroatoms. The fourth-order valence-corrected chi connectivity index (χ4v) is 2.41. The summed E-state index contributed by atoms with van der Waals surface area (Å²) in [7, 11) is 0. The molecule has 1 aromatic carbocycles. The van der Waals surface area contributed by atoms with E-state index in [4.69, 9.17) is 11.6 Å². The normalized spacial score (nSPS) is 14.9. The molecule has 2 rings (SSSR count). The minimum Gasteiger partial charge on any atom is -0.352 e. The van der Waals surface area contributed by atoms with Crippen molar-refractivity contribution < 1.29 is 9.18 Å². The second-order valence-corrected chi connectivity index (χ2v) is 5.17. The van der Waals surface area contributed by atoms with Gasteiger partial charge in [0.15, 0.2) is 0 Å². The molecule has 1 aliphatic carbocycles. The molecular formula is C15H17ClFNO. The lowest BCUT2D eigenvalue weighted by Gasteiger charge is -2.13. The van der Waals surface area contributed by atoms with Gasteiger partial charge in [-0.2, -0.15) is 0 Å². The summed E-state index contributed by atoms with van der Waals surface area (Å²) in [5.74, 6) is -0.949. The van der Waals surface area contributed by atoms with Gasteiger partial charge >= 0.3 is 0 Å². The van der Waals surface area contributed by atoms with Crippen molar-refractivity contribution in [2.75, 3.05) is 6.54 Å². The summed E-state index contributed by atoms with van der Waals surface area (Å²) in [6.07, 6.45) is 7.81. The molecular weight excluding hydrogens is 265 g/mol. The van der Waals surface area contributed by atoms with Gasteiger partial charge in [0.25, 0.3) is 5.91 Å². The zero-order valence-corrected chi connectivity index (χ0v) is 11.5. The van der Waals surface area contributed by atoms with Crippen LogP contribution in [0.15, 0.2) is 29.8 Å². The van der Waals surface area contributed by atoms with E-state index in [9.17, 15) is 9.18 Å². The highest BCUT2D eigenvalue weighted by molar-refractivity contribution is 6.30. The molecule has 0 radical (unpaired) electrons. The maximum absolute atomic E-state index is 13.5. The van der Waals surface area contributed by atoms with Crippen LogP contribution in [0.1, 0.15) is 42.5 Å². The first-order valence-electron chi connectivity index (χ1n) is 6.58. The molecule has 0 spiro atoms. The van der Waals surface area contributed by atoms with Gasteiger partial charge in [-0.05, 0) is 50.3 Å². The molecule has 0 fully saturated rings. The highest BCUT2D eigenvalue weighted by Gasteiger charge is 2.12. The zero-order chi connectivity index (χ0) is 13.7. The Hall–Kier alpha value is -1.35. The summed E-state index contributed by atoms with van der Waals surface area (Å²) in [6.45, 7) is 0.538. The van der Waals surface area contributed by atoms with Gasteiger partial charge in [-0.15, -0.1) is 0 Å².